The second-order valence-corrected chi connectivity index (χ2v) is 6.20. The molecule has 0 aliphatic carbocycles. The molecule has 1 unspecified atom stereocenters. The Labute approximate surface area is 119 Å². The highest BCUT2D eigenvalue weighted by atomic mass is 16.3. The van der Waals surface area contributed by atoms with Gasteiger partial charge in [-0.15, -0.1) is 0 Å². The van der Waals surface area contributed by atoms with Gasteiger partial charge in [0, 0.05) is 26.2 Å². The SMILES string of the molecule is CCCC1(O)CN(CC(=O)N2CCCC(C(N)=O)C2)C1. The molecule has 1 atom stereocenters. The molecule has 0 radical (unpaired) electrons. The second kappa shape index (κ2) is 6.10. The highest BCUT2D eigenvalue weighted by Crippen LogP contribution is 2.26. The molecule has 0 saturated carbocycles. The number of primary amides is 1. The van der Waals surface area contributed by atoms with Crippen LogP contribution >= 0.6 is 0 Å². The Hall–Kier alpha value is -1.14. The van der Waals surface area contributed by atoms with E-state index in [1.54, 1.807) is 4.90 Å². The van der Waals surface area contributed by atoms with Crippen molar-refractivity contribution in [1.82, 2.24) is 9.80 Å². The average Bonchev–Trinajstić information content (AvgIpc) is 2.37. The Balaban J connectivity index is 1.77. The largest absolute Gasteiger partial charge is 0.387 e. The molecular weight excluding hydrogens is 258 g/mol. The Morgan fingerprint density at radius 1 is 1.40 bits per heavy atom. The summed E-state index contributed by atoms with van der Waals surface area (Å²) in [5.41, 5.74) is 4.71. The molecule has 0 aromatic carbocycles. The van der Waals surface area contributed by atoms with Gasteiger partial charge >= 0.3 is 0 Å². The number of carbonyl (C=O) groups excluding carboxylic acids is 2. The number of nitrogens with zero attached hydrogens (tertiary/aromatic N) is 2. The van der Waals surface area contributed by atoms with Gasteiger partial charge < -0.3 is 15.7 Å². The van der Waals surface area contributed by atoms with Gasteiger partial charge in [0.05, 0.1) is 18.1 Å². The van der Waals surface area contributed by atoms with Gasteiger partial charge in [0.1, 0.15) is 0 Å². The van der Waals surface area contributed by atoms with Crippen molar-refractivity contribution in [2.24, 2.45) is 11.7 Å². The molecular formula is C14H25N3O3. The molecule has 6 heteroatoms. The van der Waals surface area contributed by atoms with Crippen molar-refractivity contribution in [2.45, 2.75) is 38.2 Å². The minimum atomic E-state index is -0.604. The number of aliphatic hydroxyl groups is 1. The Morgan fingerprint density at radius 2 is 2.10 bits per heavy atom. The Morgan fingerprint density at radius 3 is 2.70 bits per heavy atom. The molecule has 2 heterocycles. The summed E-state index contributed by atoms with van der Waals surface area (Å²) in [6.07, 6.45) is 3.34. The fourth-order valence-corrected chi connectivity index (χ4v) is 3.25. The van der Waals surface area contributed by atoms with Crippen LogP contribution in [0.5, 0.6) is 0 Å². The van der Waals surface area contributed by atoms with E-state index in [0.29, 0.717) is 32.7 Å². The van der Waals surface area contributed by atoms with Crippen LogP contribution in [0.1, 0.15) is 32.6 Å². The number of piperidine rings is 1. The van der Waals surface area contributed by atoms with Crippen LogP contribution in [0.25, 0.3) is 0 Å². The van der Waals surface area contributed by atoms with E-state index in [1.807, 2.05) is 11.8 Å². The van der Waals surface area contributed by atoms with E-state index in [4.69, 9.17) is 5.73 Å². The van der Waals surface area contributed by atoms with Crippen molar-refractivity contribution in [3.8, 4) is 0 Å². The first-order valence-electron chi connectivity index (χ1n) is 7.45. The van der Waals surface area contributed by atoms with Crippen LogP contribution < -0.4 is 5.73 Å². The molecule has 2 aliphatic heterocycles. The normalized spacial score (nSPS) is 26.1. The number of β-amino-alcohol motifs (C(OH)–C–C–N with tert-alkyl or cyclic N) is 1. The van der Waals surface area contributed by atoms with Gasteiger partial charge in [-0.2, -0.15) is 0 Å². The van der Waals surface area contributed by atoms with Crippen molar-refractivity contribution in [3.63, 3.8) is 0 Å². The molecule has 20 heavy (non-hydrogen) atoms. The van der Waals surface area contributed by atoms with Crippen LogP contribution in [-0.4, -0.2) is 65.0 Å². The first kappa shape index (κ1) is 15.3. The molecule has 114 valence electrons. The van der Waals surface area contributed by atoms with Crippen molar-refractivity contribution in [1.29, 1.82) is 0 Å². The lowest BCUT2D eigenvalue weighted by Crippen LogP contribution is -2.63. The van der Waals surface area contributed by atoms with Gasteiger partial charge in [0.2, 0.25) is 11.8 Å². The Bertz CT molecular complexity index is 380. The summed E-state index contributed by atoms with van der Waals surface area (Å²) in [6.45, 7) is 4.66. The van der Waals surface area contributed by atoms with Crippen molar-refractivity contribution in [3.05, 3.63) is 0 Å². The van der Waals surface area contributed by atoms with E-state index in [2.05, 4.69) is 0 Å². The van der Waals surface area contributed by atoms with Crippen LogP contribution in [0.3, 0.4) is 0 Å². The monoisotopic (exact) mass is 283 g/mol. The summed E-state index contributed by atoms with van der Waals surface area (Å²) in [5.74, 6) is -0.487. The van der Waals surface area contributed by atoms with E-state index < -0.39 is 5.60 Å². The summed E-state index contributed by atoms with van der Waals surface area (Å²) < 4.78 is 0. The molecule has 2 fully saturated rings. The quantitative estimate of drug-likeness (QED) is 0.716. The molecule has 0 aromatic rings. The van der Waals surface area contributed by atoms with Crippen LogP contribution in [0.15, 0.2) is 0 Å². The molecule has 2 aliphatic rings. The zero-order valence-electron chi connectivity index (χ0n) is 12.2. The summed E-state index contributed by atoms with van der Waals surface area (Å²) in [4.78, 5) is 27.1. The maximum absolute atomic E-state index is 12.2. The number of nitrogens with two attached hydrogens (primary N) is 1. The molecule has 0 bridgehead atoms. The van der Waals surface area contributed by atoms with E-state index >= 15 is 0 Å². The topological polar surface area (TPSA) is 86.9 Å². The van der Waals surface area contributed by atoms with Gasteiger partial charge in [0.25, 0.3) is 0 Å². The standard InChI is InChI=1S/C14H25N3O3/c1-2-5-14(20)9-16(10-14)8-12(18)17-6-3-4-11(7-17)13(15)19/h11,20H,2-10H2,1H3,(H2,15,19). The lowest BCUT2D eigenvalue weighted by molar-refractivity contribution is -0.144. The van der Waals surface area contributed by atoms with Crippen LogP contribution in [-0.2, 0) is 9.59 Å². The highest BCUT2D eigenvalue weighted by Gasteiger charge is 2.41. The van der Waals surface area contributed by atoms with Crippen molar-refractivity contribution in [2.75, 3.05) is 32.7 Å². The van der Waals surface area contributed by atoms with Crippen LogP contribution in [0, 0.1) is 5.92 Å². The van der Waals surface area contributed by atoms with Gasteiger partial charge in [-0.3, -0.25) is 14.5 Å². The summed E-state index contributed by atoms with van der Waals surface area (Å²) in [5, 5.41) is 10.1. The summed E-state index contributed by atoms with van der Waals surface area (Å²) in [6, 6.07) is 0. The van der Waals surface area contributed by atoms with E-state index in [0.717, 1.165) is 25.7 Å². The molecule has 2 rings (SSSR count). The zero-order chi connectivity index (χ0) is 14.8. The maximum atomic E-state index is 12.2. The third-order valence-electron chi connectivity index (χ3n) is 4.29. The van der Waals surface area contributed by atoms with E-state index in [9.17, 15) is 14.7 Å². The number of rotatable bonds is 5. The molecule has 3 N–H and O–H groups in total. The fourth-order valence-electron chi connectivity index (χ4n) is 3.25. The number of carbonyl (C=O) groups is 2. The summed E-state index contributed by atoms with van der Waals surface area (Å²) in [7, 11) is 0. The van der Waals surface area contributed by atoms with Gasteiger partial charge in [0.15, 0.2) is 0 Å². The number of amides is 2. The number of likely N-dealkylation sites (tertiary alicyclic amines) is 2. The average molecular weight is 283 g/mol. The van der Waals surface area contributed by atoms with E-state index in [1.165, 1.54) is 0 Å². The van der Waals surface area contributed by atoms with Crippen LogP contribution in [0.4, 0.5) is 0 Å². The van der Waals surface area contributed by atoms with Crippen molar-refractivity contribution < 1.29 is 14.7 Å². The van der Waals surface area contributed by atoms with Crippen molar-refractivity contribution >= 4 is 11.8 Å². The zero-order valence-corrected chi connectivity index (χ0v) is 12.2. The van der Waals surface area contributed by atoms with Gasteiger partial charge in [-0.25, -0.2) is 0 Å². The molecule has 2 saturated heterocycles. The van der Waals surface area contributed by atoms with Crippen LogP contribution in [0.2, 0.25) is 0 Å². The molecule has 6 nitrogen and oxygen atoms in total. The summed E-state index contributed by atoms with van der Waals surface area (Å²) >= 11 is 0. The lowest BCUT2D eigenvalue weighted by atomic mass is 9.89. The Kier molecular flexibility index (Phi) is 4.65. The number of hydrogen-bond donors (Lipinski definition) is 2. The molecule has 2 amide bonds. The third kappa shape index (κ3) is 3.49. The minimum Gasteiger partial charge on any atom is -0.387 e. The second-order valence-electron chi connectivity index (χ2n) is 6.20. The van der Waals surface area contributed by atoms with E-state index in [-0.39, 0.29) is 17.7 Å². The molecule has 0 aromatic heterocycles. The molecule has 0 spiro atoms. The first-order chi connectivity index (χ1) is 9.43. The predicted octanol–water partition coefficient (Wildman–Crippen LogP) is -0.443. The smallest absolute Gasteiger partial charge is 0.236 e. The van der Waals surface area contributed by atoms with Gasteiger partial charge in [-0.05, 0) is 19.3 Å². The lowest BCUT2D eigenvalue weighted by Gasteiger charge is -2.47. The minimum absolute atomic E-state index is 0.0366. The predicted molar refractivity (Wildman–Crippen MR) is 74.8 cm³/mol. The third-order valence-corrected chi connectivity index (χ3v) is 4.29. The first-order valence-corrected chi connectivity index (χ1v) is 7.45. The van der Waals surface area contributed by atoms with Gasteiger partial charge in [-0.1, -0.05) is 13.3 Å². The highest BCUT2D eigenvalue weighted by molar-refractivity contribution is 5.81. The maximum Gasteiger partial charge on any atom is 0.236 e. The number of hydrogen-bond acceptors (Lipinski definition) is 4. The fraction of sp³-hybridized carbons (Fsp3) is 0.857.